The molecule has 0 unspecified atom stereocenters. The van der Waals surface area contributed by atoms with Crippen LogP contribution in [-0.2, 0) is 11.2 Å². The Hall–Kier alpha value is -2.62. The Morgan fingerprint density at radius 1 is 0.639 bits per heavy atom. The number of amides is 2. The maximum absolute atomic E-state index is 12.3. The van der Waals surface area contributed by atoms with Crippen LogP contribution in [0.2, 0.25) is 0 Å². The van der Waals surface area contributed by atoms with Gasteiger partial charge in [0.25, 0.3) is 5.91 Å². The molecule has 0 spiro atoms. The summed E-state index contributed by atoms with van der Waals surface area (Å²) in [5.41, 5.74) is 2.71. The zero-order valence-corrected chi connectivity index (χ0v) is 22.5. The van der Waals surface area contributed by atoms with Crippen molar-refractivity contribution in [2.75, 3.05) is 11.9 Å². The molecule has 4 heteroatoms. The van der Waals surface area contributed by atoms with Crippen molar-refractivity contribution >= 4 is 17.5 Å². The minimum atomic E-state index is -0.343. The lowest BCUT2D eigenvalue weighted by atomic mass is 10.0. The molecule has 0 saturated heterocycles. The van der Waals surface area contributed by atoms with Crippen molar-refractivity contribution in [1.29, 1.82) is 0 Å². The third-order valence-electron chi connectivity index (χ3n) is 6.77. The number of anilines is 1. The molecule has 0 aromatic heterocycles. The number of hydrogen-bond donors (Lipinski definition) is 2. The molecule has 36 heavy (non-hydrogen) atoms. The fraction of sp³-hybridized carbons (Fsp3) is 0.562. The molecular weight excluding hydrogens is 444 g/mol. The number of rotatable bonds is 20. The normalized spacial score (nSPS) is 10.8. The highest BCUT2D eigenvalue weighted by atomic mass is 16.2. The summed E-state index contributed by atoms with van der Waals surface area (Å²) in [7, 11) is 0. The van der Waals surface area contributed by atoms with Gasteiger partial charge in [-0.05, 0) is 36.6 Å². The summed E-state index contributed by atoms with van der Waals surface area (Å²) in [6.45, 7) is 3.23. The summed E-state index contributed by atoms with van der Waals surface area (Å²) >= 11 is 0. The summed E-state index contributed by atoms with van der Waals surface area (Å²) in [5.74, 6) is -0.588. The molecule has 0 aliphatic carbocycles. The van der Waals surface area contributed by atoms with E-state index >= 15 is 0 Å². The maximum Gasteiger partial charge on any atom is 0.257 e. The van der Waals surface area contributed by atoms with Crippen LogP contribution in [0.3, 0.4) is 0 Å². The standard InChI is InChI=1S/C32H48N2O2/c1-2-3-4-5-6-7-8-9-10-11-12-13-14-20-27-33-30-24-19-18-21-28(30)25-26-31(35)34-32(36)29-22-16-15-17-23-29/h15-19,21-24,33H,2-14,20,25-27H2,1H3,(H,34,35,36). The summed E-state index contributed by atoms with van der Waals surface area (Å²) < 4.78 is 0. The summed E-state index contributed by atoms with van der Waals surface area (Å²) in [5, 5.41) is 6.04. The molecule has 2 amide bonds. The van der Waals surface area contributed by atoms with Crippen molar-refractivity contribution in [2.45, 2.75) is 110 Å². The van der Waals surface area contributed by atoms with E-state index in [2.05, 4.69) is 29.7 Å². The zero-order chi connectivity index (χ0) is 25.7. The smallest absolute Gasteiger partial charge is 0.257 e. The topological polar surface area (TPSA) is 58.2 Å². The molecule has 0 heterocycles. The van der Waals surface area contributed by atoms with E-state index in [1.165, 1.54) is 83.5 Å². The lowest BCUT2D eigenvalue weighted by Crippen LogP contribution is -2.30. The SMILES string of the molecule is CCCCCCCCCCCCCCCCNc1ccccc1CCC(=O)NC(=O)c1ccccc1. The van der Waals surface area contributed by atoms with E-state index in [4.69, 9.17) is 0 Å². The number of benzene rings is 2. The Bertz CT molecular complexity index is 850. The van der Waals surface area contributed by atoms with Gasteiger partial charge in [-0.1, -0.05) is 127 Å². The van der Waals surface area contributed by atoms with Crippen LogP contribution in [0, 0.1) is 0 Å². The lowest BCUT2D eigenvalue weighted by molar-refractivity contribution is -0.120. The first-order chi connectivity index (χ1) is 17.7. The molecule has 0 aliphatic rings. The predicted molar refractivity (Wildman–Crippen MR) is 152 cm³/mol. The molecule has 198 valence electrons. The van der Waals surface area contributed by atoms with E-state index in [9.17, 15) is 9.59 Å². The number of hydrogen-bond acceptors (Lipinski definition) is 3. The number of para-hydroxylation sites is 1. The molecule has 0 aliphatic heterocycles. The first-order valence-electron chi connectivity index (χ1n) is 14.4. The number of imide groups is 1. The number of carbonyl (C=O) groups is 2. The fourth-order valence-corrected chi connectivity index (χ4v) is 4.55. The lowest BCUT2D eigenvalue weighted by Gasteiger charge is -2.12. The summed E-state index contributed by atoms with van der Waals surface area (Å²) in [6, 6.07) is 17.0. The van der Waals surface area contributed by atoms with E-state index in [0.717, 1.165) is 24.2 Å². The van der Waals surface area contributed by atoms with Gasteiger partial charge >= 0.3 is 0 Å². The van der Waals surface area contributed by atoms with E-state index in [1.807, 2.05) is 18.2 Å². The van der Waals surface area contributed by atoms with Gasteiger partial charge in [-0.15, -0.1) is 0 Å². The molecule has 0 saturated carbocycles. The van der Waals surface area contributed by atoms with Crippen molar-refractivity contribution in [3.8, 4) is 0 Å². The molecule has 2 N–H and O–H groups in total. The van der Waals surface area contributed by atoms with Crippen LogP contribution in [0.25, 0.3) is 0 Å². The summed E-state index contributed by atoms with van der Waals surface area (Å²) in [6.07, 6.45) is 20.0. The number of carbonyl (C=O) groups excluding carboxylic acids is 2. The Kier molecular flexibility index (Phi) is 16.1. The van der Waals surface area contributed by atoms with Crippen molar-refractivity contribution in [3.63, 3.8) is 0 Å². The van der Waals surface area contributed by atoms with Crippen molar-refractivity contribution in [3.05, 3.63) is 65.7 Å². The van der Waals surface area contributed by atoms with Gasteiger partial charge in [0.05, 0.1) is 0 Å². The van der Waals surface area contributed by atoms with E-state index in [-0.39, 0.29) is 18.2 Å². The molecule has 0 atom stereocenters. The minimum Gasteiger partial charge on any atom is -0.385 e. The molecular formula is C32H48N2O2. The third kappa shape index (κ3) is 13.5. The van der Waals surface area contributed by atoms with Gasteiger partial charge in [-0.3, -0.25) is 14.9 Å². The van der Waals surface area contributed by atoms with Gasteiger partial charge < -0.3 is 5.32 Å². The fourth-order valence-electron chi connectivity index (χ4n) is 4.55. The largest absolute Gasteiger partial charge is 0.385 e. The molecule has 2 rings (SSSR count). The minimum absolute atomic E-state index is 0.245. The third-order valence-corrected chi connectivity index (χ3v) is 6.77. The second-order valence-electron chi connectivity index (χ2n) is 9.92. The molecule has 0 fully saturated rings. The molecule has 0 bridgehead atoms. The molecule has 4 nitrogen and oxygen atoms in total. The van der Waals surface area contributed by atoms with Gasteiger partial charge in [0.2, 0.25) is 5.91 Å². The monoisotopic (exact) mass is 492 g/mol. The van der Waals surface area contributed by atoms with E-state index < -0.39 is 0 Å². The van der Waals surface area contributed by atoms with Crippen LogP contribution >= 0.6 is 0 Å². The van der Waals surface area contributed by atoms with Crippen molar-refractivity contribution < 1.29 is 9.59 Å². The van der Waals surface area contributed by atoms with E-state index in [1.54, 1.807) is 24.3 Å². The van der Waals surface area contributed by atoms with Gasteiger partial charge in [-0.25, -0.2) is 0 Å². The van der Waals surface area contributed by atoms with Crippen molar-refractivity contribution in [2.24, 2.45) is 0 Å². The quantitative estimate of drug-likeness (QED) is 0.182. The Morgan fingerprint density at radius 3 is 1.78 bits per heavy atom. The zero-order valence-electron chi connectivity index (χ0n) is 22.5. The summed E-state index contributed by atoms with van der Waals surface area (Å²) in [4.78, 5) is 24.4. The van der Waals surface area contributed by atoms with Crippen LogP contribution in [0.15, 0.2) is 54.6 Å². The molecule has 0 radical (unpaired) electrons. The first-order valence-corrected chi connectivity index (χ1v) is 14.4. The highest BCUT2D eigenvalue weighted by Crippen LogP contribution is 2.18. The van der Waals surface area contributed by atoms with Gasteiger partial charge in [0.15, 0.2) is 0 Å². The van der Waals surface area contributed by atoms with Gasteiger partial charge in [0.1, 0.15) is 0 Å². The van der Waals surface area contributed by atoms with Crippen LogP contribution in [0.4, 0.5) is 5.69 Å². The number of aryl methyl sites for hydroxylation is 1. The highest BCUT2D eigenvalue weighted by Gasteiger charge is 2.11. The van der Waals surface area contributed by atoms with Crippen LogP contribution in [0.1, 0.15) is 119 Å². The first kappa shape index (κ1) is 29.6. The molecule has 2 aromatic rings. The second-order valence-corrected chi connectivity index (χ2v) is 9.92. The number of nitrogens with one attached hydrogen (secondary N) is 2. The van der Waals surface area contributed by atoms with Gasteiger partial charge in [-0.2, -0.15) is 0 Å². The highest BCUT2D eigenvalue weighted by molar-refractivity contribution is 6.04. The maximum atomic E-state index is 12.3. The van der Waals surface area contributed by atoms with Crippen LogP contribution in [0.5, 0.6) is 0 Å². The molecule has 2 aromatic carbocycles. The van der Waals surface area contributed by atoms with Crippen LogP contribution in [-0.4, -0.2) is 18.4 Å². The predicted octanol–water partition coefficient (Wildman–Crippen LogP) is 8.47. The number of unbranched alkanes of at least 4 members (excludes halogenated alkanes) is 13. The Labute approximate surface area is 219 Å². The van der Waals surface area contributed by atoms with Crippen LogP contribution < -0.4 is 10.6 Å². The average molecular weight is 493 g/mol. The average Bonchev–Trinajstić information content (AvgIpc) is 2.90. The van der Waals surface area contributed by atoms with Gasteiger partial charge in [0, 0.05) is 24.2 Å². The Morgan fingerprint density at radius 2 is 1.17 bits per heavy atom. The second kappa shape index (κ2) is 19.6. The Balaban J connectivity index is 1.51. The van der Waals surface area contributed by atoms with E-state index in [0.29, 0.717) is 12.0 Å². The van der Waals surface area contributed by atoms with Crippen molar-refractivity contribution in [1.82, 2.24) is 5.32 Å².